The lowest BCUT2D eigenvalue weighted by atomic mass is 10.1. The molecule has 0 aliphatic heterocycles. The first-order valence-electron chi connectivity index (χ1n) is 5.19. The summed E-state index contributed by atoms with van der Waals surface area (Å²) in [7, 11) is 1.37. The number of carbonyl (C=O) groups is 4. The molecule has 0 unspecified atom stereocenters. The first kappa shape index (κ1) is 16.0. The lowest BCUT2D eigenvalue weighted by Crippen LogP contribution is -2.45. The van der Waals surface area contributed by atoms with Crippen molar-refractivity contribution in [3.8, 4) is 0 Å². The Labute approximate surface area is 103 Å². The Hall–Kier alpha value is -1.96. The van der Waals surface area contributed by atoms with Crippen molar-refractivity contribution in [1.29, 1.82) is 0 Å². The fourth-order valence-corrected chi connectivity index (χ4v) is 1.24. The van der Waals surface area contributed by atoms with Crippen LogP contribution in [0.4, 0.5) is 0 Å². The van der Waals surface area contributed by atoms with Crippen LogP contribution in [-0.2, 0) is 19.2 Å². The molecule has 8 heteroatoms. The maximum Gasteiger partial charge on any atom is 0.326 e. The maximum atomic E-state index is 11.4. The number of aliphatic carboxylic acids is 2. The molecule has 0 rings (SSSR count). The van der Waals surface area contributed by atoms with Crippen LogP contribution in [0.15, 0.2) is 0 Å². The van der Waals surface area contributed by atoms with Gasteiger partial charge in [-0.05, 0) is 14.0 Å². The van der Waals surface area contributed by atoms with Gasteiger partial charge in [-0.15, -0.1) is 0 Å². The summed E-state index contributed by atoms with van der Waals surface area (Å²) in [4.78, 5) is 43.6. The number of carboxylic acids is 2. The van der Waals surface area contributed by atoms with Gasteiger partial charge in [0.05, 0.1) is 6.42 Å². The lowest BCUT2D eigenvalue weighted by Gasteiger charge is -2.15. The van der Waals surface area contributed by atoms with Crippen molar-refractivity contribution in [2.75, 3.05) is 7.05 Å². The molecule has 0 aliphatic carbocycles. The fourth-order valence-electron chi connectivity index (χ4n) is 1.24. The summed E-state index contributed by atoms with van der Waals surface area (Å²) in [5.41, 5.74) is 0. The third-order valence-electron chi connectivity index (χ3n) is 2.16. The van der Waals surface area contributed by atoms with E-state index in [1.807, 2.05) is 0 Å². The summed E-state index contributed by atoms with van der Waals surface area (Å²) in [6, 6.07) is -2.43. The van der Waals surface area contributed by atoms with Crippen LogP contribution in [0.25, 0.3) is 0 Å². The van der Waals surface area contributed by atoms with E-state index in [-0.39, 0.29) is 12.2 Å². The number of hydrogen-bond donors (Lipinski definition) is 4. The van der Waals surface area contributed by atoms with E-state index in [2.05, 4.69) is 10.6 Å². The van der Waals surface area contributed by atoms with E-state index < -0.39 is 36.4 Å². The van der Waals surface area contributed by atoms with Gasteiger partial charge in [0.15, 0.2) is 0 Å². The number of amides is 1. The zero-order valence-corrected chi connectivity index (χ0v) is 10.1. The second-order valence-electron chi connectivity index (χ2n) is 3.75. The summed E-state index contributed by atoms with van der Waals surface area (Å²) in [5, 5.41) is 22.0. The Kier molecular flexibility index (Phi) is 6.58. The minimum Gasteiger partial charge on any atom is -0.480 e. The number of likely N-dealkylation sites (N-methyl/N-ethyl adjacent to an activating group) is 1. The number of ketones is 1. The van der Waals surface area contributed by atoms with Crippen LogP contribution in [0, 0.1) is 0 Å². The molecule has 0 heterocycles. The number of Topliss-reactive ketones (excluding diaryl/α,β-unsaturated/α-hetero) is 1. The highest BCUT2D eigenvalue weighted by Crippen LogP contribution is 1.97. The number of hydrogen-bond acceptors (Lipinski definition) is 5. The van der Waals surface area contributed by atoms with Crippen molar-refractivity contribution in [2.45, 2.75) is 31.8 Å². The molecule has 8 nitrogen and oxygen atoms in total. The van der Waals surface area contributed by atoms with E-state index in [4.69, 9.17) is 10.2 Å². The summed E-state index contributed by atoms with van der Waals surface area (Å²) in [5.74, 6) is -3.68. The zero-order chi connectivity index (χ0) is 14.3. The van der Waals surface area contributed by atoms with Crippen LogP contribution < -0.4 is 10.6 Å². The van der Waals surface area contributed by atoms with Gasteiger partial charge in [0.2, 0.25) is 5.91 Å². The summed E-state index contributed by atoms with van der Waals surface area (Å²) >= 11 is 0. The number of nitrogens with one attached hydrogen (secondary N) is 2. The molecule has 0 spiro atoms. The average molecular weight is 260 g/mol. The van der Waals surface area contributed by atoms with Crippen LogP contribution in [0.1, 0.15) is 19.8 Å². The van der Waals surface area contributed by atoms with Crippen LogP contribution in [0.2, 0.25) is 0 Å². The molecule has 0 saturated heterocycles. The second kappa shape index (κ2) is 7.38. The van der Waals surface area contributed by atoms with Gasteiger partial charge >= 0.3 is 11.9 Å². The quantitative estimate of drug-likeness (QED) is 0.421. The van der Waals surface area contributed by atoms with Crippen molar-refractivity contribution >= 4 is 23.6 Å². The molecule has 0 aromatic carbocycles. The Morgan fingerprint density at radius 2 is 1.50 bits per heavy atom. The monoisotopic (exact) mass is 260 g/mol. The highest BCUT2D eigenvalue weighted by Gasteiger charge is 2.25. The summed E-state index contributed by atoms with van der Waals surface area (Å²) < 4.78 is 0. The molecule has 0 bridgehead atoms. The van der Waals surface area contributed by atoms with Gasteiger partial charge in [0.1, 0.15) is 17.9 Å². The molecule has 1 amide bonds. The number of rotatable bonds is 8. The largest absolute Gasteiger partial charge is 0.480 e. The average Bonchev–Trinajstić information content (AvgIpc) is 2.23. The van der Waals surface area contributed by atoms with E-state index in [0.29, 0.717) is 0 Å². The minimum absolute atomic E-state index is 0.335. The predicted octanol–water partition coefficient (Wildman–Crippen LogP) is -1.40. The summed E-state index contributed by atoms with van der Waals surface area (Å²) in [6.45, 7) is 1.20. The fraction of sp³-hybridized carbons (Fsp3) is 0.600. The number of carbonyl (C=O) groups excluding carboxylic acids is 2. The first-order chi connectivity index (χ1) is 8.27. The molecular formula is C10H16N2O6. The third-order valence-corrected chi connectivity index (χ3v) is 2.16. The Balaban J connectivity index is 4.46. The van der Waals surface area contributed by atoms with Crippen molar-refractivity contribution in [2.24, 2.45) is 0 Å². The molecular weight excluding hydrogens is 244 g/mol. The minimum atomic E-state index is -1.34. The molecule has 0 aliphatic rings. The Morgan fingerprint density at radius 1 is 1.00 bits per heavy atom. The second-order valence-corrected chi connectivity index (χ2v) is 3.75. The van der Waals surface area contributed by atoms with E-state index >= 15 is 0 Å². The Morgan fingerprint density at radius 3 is 1.83 bits per heavy atom. The molecule has 0 radical (unpaired) electrons. The zero-order valence-electron chi connectivity index (χ0n) is 10.1. The summed E-state index contributed by atoms with van der Waals surface area (Å²) in [6.07, 6.45) is -0.744. The van der Waals surface area contributed by atoms with Gasteiger partial charge in [-0.3, -0.25) is 14.4 Å². The van der Waals surface area contributed by atoms with Crippen molar-refractivity contribution in [1.82, 2.24) is 10.6 Å². The molecule has 0 aromatic heterocycles. The molecule has 18 heavy (non-hydrogen) atoms. The SMILES string of the molecule is CN[C@@H](CC(=O)N[C@@H](CC(C)=O)C(=O)O)C(=O)O. The molecule has 0 saturated carbocycles. The standard InChI is InChI=1S/C10H16N2O6/c1-5(13)3-7(10(17)18)12-8(14)4-6(11-2)9(15)16/h6-7,11H,3-4H2,1-2H3,(H,12,14)(H,15,16)(H,17,18)/t6-,7-/m0/s1. The van der Waals surface area contributed by atoms with E-state index in [9.17, 15) is 19.2 Å². The topological polar surface area (TPSA) is 133 Å². The number of carboxylic acid groups (broad SMARTS) is 2. The molecule has 102 valence electrons. The van der Waals surface area contributed by atoms with Gasteiger partial charge in [-0.1, -0.05) is 0 Å². The Bertz CT molecular complexity index is 354. The highest BCUT2D eigenvalue weighted by molar-refractivity contribution is 5.90. The maximum absolute atomic E-state index is 11.4. The van der Waals surface area contributed by atoms with Crippen LogP contribution in [-0.4, -0.2) is 53.0 Å². The molecule has 0 fully saturated rings. The molecule has 2 atom stereocenters. The van der Waals surface area contributed by atoms with E-state index in [0.717, 1.165) is 0 Å². The van der Waals surface area contributed by atoms with E-state index in [1.54, 1.807) is 0 Å². The van der Waals surface area contributed by atoms with Crippen LogP contribution >= 0.6 is 0 Å². The van der Waals surface area contributed by atoms with Crippen molar-refractivity contribution < 1.29 is 29.4 Å². The van der Waals surface area contributed by atoms with Crippen LogP contribution in [0.3, 0.4) is 0 Å². The third kappa shape index (κ3) is 5.94. The molecule has 4 N–H and O–H groups in total. The van der Waals surface area contributed by atoms with Gasteiger partial charge in [0, 0.05) is 6.42 Å². The first-order valence-corrected chi connectivity index (χ1v) is 5.19. The van der Waals surface area contributed by atoms with Gasteiger partial charge in [-0.2, -0.15) is 0 Å². The highest BCUT2D eigenvalue weighted by atomic mass is 16.4. The van der Waals surface area contributed by atoms with Crippen molar-refractivity contribution in [3.05, 3.63) is 0 Å². The van der Waals surface area contributed by atoms with Crippen molar-refractivity contribution in [3.63, 3.8) is 0 Å². The van der Waals surface area contributed by atoms with Gasteiger partial charge in [0.25, 0.3) is 0 Å². The molecule has 0 aromatic rings. The van der Waals surface area contributed by atoms with Crippen LogP contribution in [0.5, 0.6) is 0 Å². The predicted molar refractivity (Wildman–Crippen MR) is 60.0 cm³/mol. The smallest absolute Gasteiger partial charge is 0.326 e. The van der Waals surface area contributed by atoms with Gasteiger partial charge in [-0.25, -0.2) is 4.79 Å². The van der Waals surface area contributed by atoms with Gasteiger partial charge < -0.3 is 20.8 Å². The normalized spacial score (nSPS) is 13.4. The lowest BCUT2D eigenvalue weighted by molar-refractivity contribution is -0.144. The van der Waals surface area contributed by atoms with E-state index in [1.165, 1.54) is 14.0 Å².